The summed E-state index contributed by atoms with van der Waals surface area (Å²) < 4.78 is 5.00. The molecule has 0 saturated heterocycles. The predicted octanol–water partition coefficient (Wildman–Crippen LogP) is 14.6. The average Bonchev–Trinajstić information content (AvgIpc) is 3.78. The zero-order valence-electron chi connectivity index (χ0n) is 28.8. The van der Waals surface area contributed by atoms with Gasteiger partial charge in [-0.05, 0) is 81.9 Å². The van der Waals surface area contributed by atoms with E-state index >= 15 is 0 Å². The summed E-state index contributed by atoms with van der Waals surface area (Å²) in [6.07, 6.45) is 0. The molecule has 0 aliphatic carbocycles. The second kappa shape index (κ2) is 11.9. The molecule has 11 rings (SSSR count). The van der Waals surface area contributed by atoms with Crippen molar-refractivity contribution in [2.24, 2.45) is 0 Å². The minimum Gasteiger partial charge on any atom is -0.309 e. The Bertz CT molecular complexity index is 3170. The molecule has 53 heavy (non-hydrogen) atoms. The summed E-state index contributed by atoms with van der Waals surface area (Å²) in [4.78, 5) is 2.52. The van der Waals surface area contributed by atoms with Gasteiger partial charge in [-0.1, -0.05) is 140 Å². The maximum Gasteiger partial charge on any atom is 0.0640 e. The predicted molar refractivity (Wildman–Crippen MR) is 229 cm³/mol. The van der Waals surface area contributed by atoms with Gasteiger partial charge in [-0.3, -0.25) is 0 Å². The summed E-state index contributed by atoms with van der Waals surface area (Å²) in [7, 11) is 0. The lowest BCUT2D eigenvalue weighted by molar-refractivity contribution is 1.18. The first-order valence-electron chi connectivity index (χ1n) is 18.1. The highest BCUT2D eigenvalue weighted by molar-refractivity contribution is 7.27. The van der Waals surface area contributed by atoms with Gasteiger partial charge < -0.3 is 9.47 Å². The molecule has 3 heteroatoms. The van der Waals surface area contributed by atoms with E-state index in [2.05, 4.69) is 204 Å². The molecule has 0 N–H and O–H groups in total. The zero-order valence-corrected chi connectivity index (χ0v) is 29.6. The van der Waals surface area contributed by atoms with E-state index in [0.29, 0.717) is 0 Å². The first kappa shape index (κ1) is 30.0. The smallest absolute Gasteiger partial charge is 0.0640 e. The van der Waals surface area contributed by atoms with Crippen molar-refractivity contribution in [2.75, 3.05) is 4.90 Å². The Morgan fingerprint density at radius 1 is 0.358 bits per heavy atom. The summed E-state index contributed by atoms with van der Waals surface area (Å²) >= 11 is 1.90. The third-order valence-corrected chi connectivity index (χ3v) is 12.0. The molecule has 0 atom stereocenters. The van der Waals surface area contributed by atoms with Crippen molar-refractivity contribution in [1.82, 2.24) is 4.57 Å². The third kappa shape index (κ3) is 4.71. The van der Waals surface area contributed by atoms with E-state index < -0.39 is 0 Å². The molecule has 2 heterocycles. The molecule has 0 bridgehead atoms. The molecular weight excluding hydrogens is 661 g/mol. The van der Waals surface area contributed by atoms with Gasteiger partial charge in [0.2, 0.25) is 0 Å². The maximum atomic E-state index is 2.52. The molecule has 11 aromatic rings. The molecule has 0 unspecified atom stereocenters. The highest BCUT2D eigenvalue weighted by Gasteiger charge is 2.23. The van der Waals surface area contributed by atoms with Crippen LogP contribution in [0, 0.1) is 0 Å². The highest BCUT2D eigenvalue weighted by Crippen LogP contribution is 2.49. The van der Waals surface area contributed by atoms with Crippen molar-refractivity contribution in [3.8, 4) is 16.8 Å². The van der Waals surface area contributed by atoms with Crippen LogP contribution in [0.1, 0.15) is 0 Å². The van der Waals surface area contributed by atoms with Crippen LogP contribution in [0.3, 0.4) is 0 Å². The van der Waals surface area contributed by atoms with Crippen molar-refractivity contribution in [3.63, 3.8) is 0 Å². The topological polar surface area (TPSA) is 8.17 Å². The molecule has 0 amide bonds. The third-order valence-electron chi connectivity index (χ3n) is 10.7. The number of anilines is 3. The van der Waals surface area contributed by atoms with E-state index in [1.165, 1.54) is 80.3 Å². The van der Waals surface area contributed by atoms with Gasteiger partial charge >= 0.3 is 0 Å². The van der Waals surface area contributed by atoms with Gasteiger partial charge in [0.25, 0.3) is 0 Å². The second-order valence-corrected chi connectivity index (χ2v) is 14.7. The van der Waals surface area contributed by atoms with E-state index in [1.54, 1.807) is 0 Å². The summed E-state index contributed by atoms with van der Waals surface area (Å²) in [5, 5.41) is 10.0. The van der Waals surface area contributed by atoms with Crippen molar-refractivity contribution in [3.05, 3.63) is 194 Å². The lowest BCUT2D eigenvalue weighted by Gasteiger charge is -2.28. The molecule has 2 nitrogen and oxygen atoms in total. The standard InChI is InChI=1S/C50H32N2S/c1-3-14-33(15-4-1)36-30-35-17-8-9-20-39(35)48(31-36)52(47-25-13-23-42-43-28-26-34-16-7-10-21-40(34)49(43)53-50(42)47)38-27-29-46-44(32-38)41-22-11-12-24-45(41)51(46)37-18-5-2-6-19-37/h1-32H. The van der Waals surface area contributed by atoms with Crippen LogP contribution in [0.5, 0.6) is 0 Å². The number of benzene rings is 9. The Hall–Kier alpha value is -6.68. The minimum atomic E-state index is 1.12. The van der Waals surface area contributed by atoms with Crippen LogP contribution in [0.4, 0.5) is 17.1 Å². The lowest BCUT2D eigenvalue weighted by Crippen LogP contribution is -2.11. The minimum absolute atomic E-state index is 1.12. The Morgan fingerprint density at radius 3 is 1.87 bits per heavy atom. The lowest BCUT2D eigenvalue weighted by atomic mass is 9.98. The van der Waals surface area contributed by atoms with Gasteiger partial charge in [-0.25, -0.2) is 0 Å². The number of hydrogen-bond donors (Lipinski definition) is 0. The van der Waals surface area contributed by atoms with E-state index in [-0.39, 0.29) is 0 Å². The molecule has 0 fully saturated rings. The Labute approximate surface area is 311 Å². The first-order valence-corrected chi connectivity index (χ1v) is 18.9. The van der Waals surface area contributed by atoms with Gasteiger partial charge in [-0.15, -0.1) is 11.3 Å². The Morgan fingerprint density at radius 2 is 1.02 bits per heavy atom. The van der Waals surface area contributed by atoms with Gasteiger partial charge in [0, 0.05) is 43.0 Å². The van der Waals surface area contributed by atoms with Crippen LogP contribution in [0.25, 0.3) is 80.3 Å². The fourth-order valence-electron chi connectivity index (χ4n) is 8.32. The molecular formula is C50H32N2S. The van der Waals surface area contributed by atoms with Crippen LogP contribution in [-0.2, 0) is 0 Å². The van der Waals surface area contributed by atoms with Crippen LogP contribution in [0.2, 0.25) is 0 Å². The largest absolute Gasteiger partial charge is 0.309 e. The summed E-state index contributed by atoms with van der Waals surface area (Å²) in [6, 6.07) is 71.0. The molecule has 0 aliphatic heterocycles. The molecule has 0 aliphatic rings. The van der Waals surface area contributed by atoms with Crippen molar-refractivity contribution < 1.29 is 0 Å². The van der Waals surface area contributed by atoms with Gasteiger partial charge in [-0.2, -0.15) is 0 Å². The van der Waals surface area contributed by atoms with Crippen LogP contribution >= 0.6 is 11.3 Å². The number of aromatic nitrogens is 1. The van der Waals surface area contributed by atoms with Gasteiger partial charge in [0.05, 0.1) is 27.1 Å². The zero-order chi connectivity index (χ0) is 34.9. The van der Waals surface area contributed by atoms with Crippen molar-refractivity contribution >= 4 is 91.9 Å². The maximum absolute atomic E-state index is 2.52. The van der Waals surface area contributed by atoms with Gasteiger partial charge in [0.1, 0.15) is 0 Å². The highest BCUT2D eigenvalue weighted by atomic mass is 32.1. The van der Waals surface area contributed by atoms with Crippen molar-refractivity contribution in [2.45, 2.75) is 0 Å². The molecule has 248 valence electrons. The second-order valence-electron chi connectivity index (χ2n) is 13.7. The van der Waals surface area contributed by atoms with Crippen LogP contribution in [-0.4, -0.2) is 4.57 Å². The van der Waals surface area contributed by atoms with Crippen LogP contribution in [0.15, 0.2) is 194 Å². The van der Waals surface area contributed by atoms with Crippen molar-refractivity contribution in [1.29, 1.82) is 0 Å². The molecule has 0 spiro atoms. The SMILES string of the molecule is c1ccc(-c2cc(N(c3ccc4c(c3)c3ccccc3n4-c3ccccc3)c3cccc4c3sc3c5ccccc5ccc43)c3ccccc3c2)cc1. The Kier molecular flexibility index (Phi) is 6.76. The number of hydrogen-bond acceptors (Lipinski definition) is 2. The fourth-order valence-corrected chi connectivity index (χ4v) is 9.66. The van der Waals surface area contributed by atoms with E-state index in [9.17, 15) is 0 Å². The monoisotopic (exact) mass is 692 g/mol. The average molecular weight is 693 g/mol. The van der Waals surface area contributed by atoms with E-state index in [4.69, 9.17) is 0 Å². The quantitative estimate of drug-likeness (QED) is 0.174. The molecule has 0 saturated carbocycles. The summed E-state index contributed by atoms with van der Waals surface area (Å²) in [6.45, 7) is 0. The van der Waals surface area contributed by atoms with Crippen LogP contribution < -0.4 is 4.90 Å². The normalized spacial score (nSPS) is 11.8. The molecule has 0 radical (unpaired) electrons. The Balaban J connectivity index is 1.25. The number of fused-ring (bicyclic) bond motifs is 9. The number of para-hydroxylation sites is 2. The van der Waals surface area contributed by atoms with E-state index in [0.717, 1.165) is 17.1 Å². The summed E-state index contributed by atoms with van der Waals surface area (Å²) in [5.41, 5.74) is 9.40. The fraction of sp³-hybridized carbons (Fsp3) is 0. The number of thiophene rings is 1. The summed E-state index contributed by atoms with van der Waals surface area (Å²) in [5.74, 6) is 0. The number of rotatable bonds is 5. The number of nitrogens with zero attached hydrogens (tertiary/aromatic N) is 2. The van der Waals surface area contributed by atoms with E-state index in [1.807, 2.05) is 11.3 Å². The molecule has 2 aromatic heterocycles. The molecule has 9 aromatic carbocycles. The van der Waals surface area contributed by atoms with Gasteiger partial charge in [0.15, 0.2) is 0 Å². The first-order chi connectivity index (χ1) is 26.3.